The molecule has 0 bridgehead atoms. The van der Waals surface area contributed by atoms with Crippen LogP contribution in [0.5, 0.6) is 0 Å². The van der Waals surface area contributed by atoms with Gasteiger partial charge in [-0.15, -0.1) is 0 Å². The van der Waals surface area contributed by atoms with Gasteiger partial charge in [-0.3, -0.25) is 9.69 Å². The minimum Gasteiger partial charge on any atom is -0.378 e. The highest BCUT2D eigenvalue weighted by atomic mass is 16.2. The van der Waals surface area contributed by atoms with Crippen molar-refractivity contribution in [3.05, 3.63) is 65.2 Å². The fourth-order valence-corrected chi connectivity index (χ4v) is 3.59. The second kappa shape index (κ2) is 9.05. The quantitative estimate of drug-likeness (QED) is 0.774. The van der Waals surface area contributed by atoms with Crippen LogP contribution in [-0.4, -0.2) is 49.9 Å². The van der Waals surface area contributed by atoms with E-state index in [0.29, 0.717) is 6.54 Å². The molecule has 1 heterocycles. The van der Waals surface area contributed by atoms with E-state index in [0.717, 1.165) is 23.4 Å². The number of piperidine rings is 1. The van der Waals surface area contributed by atoms with Crippen molar-refractivity contribution < 1.29 is 4.79 Å². The van der Waals surface area contributed by atoms with E-state index in [2.05, 4.69) is 46.2 Å². The van der Waals surface area contributed by atoms with Crippen molar-refractivity contribution in [3.8, 4) is 0 Å². The minimum atomic E-state index is 0.0659. The highest BCUT2D eigenvalue weighted by Crippen LogP contribution is 2.16. The fourth-order valence-electron chi connectivity index (χ4n) is 3.59. The average Bonchev–Trinajstić information content (AvgIpc) is 2.69. The second-order valence-corrected chi connectivity index (χ2v) is 7.76. The maximum absolute atomic E-state index is 12.7. The van der Waals surface area contributed by atoms with E-state index >= 15 is 0 Å². The third-order valence-electron chi connectivity index (χ3n) is 5.27. The number of nitrogens with zero attached hydrogens (tertiary/aromatic N) is 3. The molecule has 1 saturated heterocycles. The van der Waals surface area contributed by atoms with Crippen LogP contribution in [0, 0.1) is 0 Å². The molecule has 0 unspecified atom stereocenters. The zero-order valence-corrected chi connectivity index (χ0v) is 16.8. The molecule has 4 heteroatoms. The van der Waals surface area contributed by atoms with Gasteiger partial charge in [0, 0.05) is 45.5 Å². The molecule has 2 aromatic carbocycles. The van der Waals surface area contributed by atoms with Crippen molar-refractivity contribution in [2.24, 2.45) is 0 Å². The predicted octanol–water partition coefficient (Wildman–Crippen LogP) is 4.01. The summed E-state index contributed by atoms with van der Waals surface area (Å²) in [7, 11) is 5.92. The Morgan fingerprint density at radius 2 is 1.44 bits per heavy atom. The standard InChI is InChI=1S/C23H31N3O/c1-24(2)22-13-9-19(10-14-22)17-25(3)23(27)21-11-7-20(8-12-21)18-26-15-5-4-6-16-26/h7-14H,4-6,15-18H2,1-3H3. The summed E-state index contributed by atoms with van der Waals surface area (Å²) < 4.78 is 0. The normalized spacial score (nSPS) is 14.8. The Kier molecular flexibility index (Phi) is 6.51. The molecule has 0 saturated carbocycles. The Balaban J connectivity index is 1.57. The summed E-state index contributed by atoms with van der Waals surface area (Å²) in [6.45, 7) is 3.98. The van der Waals surface area contributed by atoms with Crippen LogP contribution in [0.4, 0.5) is 5.69 Å². The predicted molar refractivity (Wildman–Crippen MR) is 112 cm³/mol. The lowest BCUT2D eigenvalue weighted by Gasteiger charge is -2.26. The Labute approximate surface area is 163 Å². The summed E-state index contributed by atoms with van der Waals surface area (Å²) in [5.41, 5.74) is 4.34. The number of carbonyl (C=O) groups excluding carboxylic acids is 1. The SMILES string of the molecule is CN(Cc1ccc(N(C)C)cc1)C(=O)c1ccc(CN2CCCCC2)cc1. The molecule has 0 spiro atoms. The first-order valence-corrected chi connectivity index (χ1v) is 9.86. The van der Waals surface area contributed by atoms with Gasteiger partial charge in [0.05, 0.1) is 0 Å². The van der Waals surface area contributed by atoms with Crippen molar-refractivity contribution in [2.45, 2.75) is 32.4 Å². The number of likely N-dealkylation sites (tertiary alicyclic amines) is 1. The zero-order chi connectivity index (χ0) is 19.2. The molecule has 27 heavy (non-hydrogen) atoms. The zero-order valence-electron chi connectivity index (χ0n) is 16.8. The lowest BCUT2D eigenvalue weighted by atomic mass is 10.1. The van der Waals surface area contributed by atoms with Gasteiger partial charge in [0.2, 0.25) is 0 Å². The van der Waals surface area contributed by atoms with E-state index in [1.54, 1.807) is 4.90 Å². The molecule has 0 N–H and O–H groups in total. The largest absolute Gasteiger partial charge is 0.378 e. The molecule has 3 rings (SSSR count). The van der Waals surface area contributed by atoms with E-state index in [-0.39, 0.29) is 5.91 Å². The molecule has 0 aliphatic carbocycles. The van der Waals surface area contributed by atoms with E-state index in [4.69, 9.17) is 0 Å². The number of amides is 1. The van der Waals surface area contributed by atoms with Crippen LogP contribution in [-0.2, 0) is 13.1 Å². The van der Waals surface area contributed by atoms with Crippen LogP contribution in [0.25, 0.3) is 0 Å². The van der Waals surface area contributed by atoms with Crippen LogP contribution in [0.15, 0.2) is 48.5 Å². The van der Waals surface area contributed by atoms with Gasteiger partial charge in [-0.2, -0.15) is 0 Å². The summed E-state index contributed by atoms with van der Waals surface area (Å²) in [5, 5.41) is 0. The van der Waals surface area contributed by atoms with E-state index in [1.807, 2.05) is 33.3 Å². The molecule has 4 nitrogen and oxygen atoms in total. The summed E-state index contributed by atoms with van der Waals surface area (Å²) in [6.07, 6.45) is 3.96. The van der Waals surface area contributed by atoms with Crippen molar-refractivity contribution in [2.75, 3.05) is 39.1 Å². The maximum Gasteiger partial charge on any atom is 0.253 e. The monoisotopic (exact) mass is 365 g/mol. The topological polar surface area (TPSA) is 26.8 Å². The van der Waals surface area contributed by atoms with Gasteiger partial charge < -0.3 is 9.80 Å². The first-order valence-electron chi connectivity index (χ1n) is 9.86. The maximum atomic E-state index is 12.7. The average molecular weight is 366 g/mol. The smallest absolute Gasteiger partial charge is 0.253 e. The van der Waals surface area contributed by atoms with E-state index < -0.39 is 0 Å². The molecule has 1 fully saturated rings. The number of rotatable bonds is 6. The van der Waals surface area contributed by atoms with Crippen molar-refractivity contribution in [1.82, 2.24) is 9.80 Å². The summed E-state index contributed by atoms with van der Waals surface area (Å²) in [5.74, 6) is 0.0659. The first kappa shape index (κ1) is 19.4. The van der Waals surface area contributed by atoms with Crippen LogP contribution in [0.3, 0.4) is 0 Å². The number of anilines is 1. The Morgan fingerprint density at radius 1 is 0.852 bits per heavy atom. The third-order valence-corrected chi connectivity index (χ3v) is 5.27. The highest BCUT2D eigenvalue weighted by molar-refractivity contribution is 5.94. The Bertz CT molecular complexity index is 731. The van der Waals surface area contributed by atoms with E-state index in [1.165, 1.54) is 37.9 Å². The van der Waals surface area contributed by atoms with Gasteiger partial charge in [0.25, 0.3) is 5.91 Å². The minimum absolute atomic E-state index is 0.0659. The second-order valence-electron chi connectivity index (χ2n) is 7.76. The molecule has 0 aromatic heterocycles. The van der Waals surface area contributed by atoms with Gasteiger partial charge in [-0.1, -0.05) is 30.7 Å². The number of hydrogen-bond acceptors (Lipinski definition) is 3. The fraction of sp³-hybridized carbons (Fsp3) is 0.435. The number of hydrogen-bond donors (Lipinski definition) is 0. The lowest BCUT2D eigenvalue weighted by molar-refractivity contribution is 0.0785. The van der Waals surface area contributed by atoms with Gasteiger partial charge in [0.1, 0.15) is 0 Å². The summed E-state index contributed by atoms with van der Waals surface area (Å²) >= 11 is 0. The molecule has 2 aromatic rings. The summed E-state index contributed by atoms with van der Waals surface area (Å²) in [4.78, 5) is 19.1. The van der Waals surface area contributed by atoms with Crippen LogP contribution >= 0.6 is 0 Å². The van der Waals surface area contributed by atoms with Gasteiger partial charge in [-0.05, 0) is 61.3 Å². The van der Waals surface area contributed by atoms with Gasteiger partial charge in [-0.25, -0.2) is 0 Å². The molecule has 0 radical (unpaired) electrons. The third kappa shape index (κ3) is 5.33. The summed E-state index contributed by atoms with van der Waals surface area (Å²) in [6, 6.07) is 16.5. The molecule has 1 amide bonds. The van der Waals surface area contributed by atoms with Crippen LogP contribution in [0.1, 0.15) is 40.7 Å². The highest BCUT2D eigenvalue weighted by Gasteiger charge is 2.14. The van der Waals surface area contributed by atoms with Crippen LogP contribution in [0.2, 0.25) is 0 Å². The lowest BCUT2D eigenvalue weighted by Crippen LogP contribution is -2.29. The van der Waals surface area contributed by atoms with Crippen molar-refractivity contribution in [3.63, 3.8) is 0 Å². The van der Waals surface area contributed by atoms with Gasteiger partial charge >= 0.3 is 0 Å². The first-order chi connectivity index (χ1) is 13.0. The molecule has 1 aliphatic heterocycles. The molecule has 144 valence electrons. The number of benzene rings is 2. The molecular formula is C23H31N3O. The van der Waals surface area contributed by atoms with Crippen molar-refractivity contribution in [1.29, 1.82) is 0 Å². The van der Waals surface area contributed by atoms with Crippen molar-refractivity contribution >= 4 is 11.6 Å². The molecule has 1 aliphatic rings. The van der Waals surface area contributed by atoms with E-state index in [9.17, 15) is 4.79 Å². The van der Waals surface area contributed by atoms with Gasteiger partial charge in [0.15, 0.2) is 0 Å². The van der Waals surface area contributed by atoms with Crippen LogP contribution < -0.4 is 4.90 Å². The molecular weight excluding hydrogens is 334 g/mol. The Morgan fingerprint density at radius 3 is 2.04 bits per heavy atom. The molecule has 0 atom stereocenters. The Hall–Kier alpha value is -2.33. The number of carbonyl (C=O) groups is 1.